The first-order valence-electron chi connectivity index (χ1n) is 6.67. The topological polar surface area (TPSA) is 38.3 Å². The number of rotatable bonds is 4. The van der Waals surface area contributed by atoms with Gasteiger partial charge in [-0.2, -0.15) is 0 Å². The van der Waals surface area contributed by atoms with E-state index in [1.807, 2.05) is 0 Å². The Bertz CT molecular complexity index is 214. The predicted octanol–water partition coefficient (Wildman–Crippen LogP) is 1.90. The summed E-state index contributed by atoms with van der Waals surface area (Å²) in [5.41, 5.74) is 0. The van der Waals surface area contributed by atoms with Crippen molar-refractivity contribution in [3.05, 3.63) is 0 Å². The van der Waals surface area contributed by atoms with Gasteiger partial charge >= 0.3 is 0 Å². The predicted molar refractivity (Wildman–Crippen MR) is 63.4 cm³/mol. The lowest BCUT2D eigenvalue weighted by atomic mass is 9.86. The molecule has 2 aliphatic rings. The second-order valence-electron chi connectivity index (χ2n) is 5.11. The van der Waals surface area contributed by atoms with Gasteiger partial charge in [-0.25, -0.2) is 0 Å². The van der Waals surface area contributed by atoms with Gasteiger partial charge in [0.1, 0.15) is 5.78 Å². The molecular formula is C13H23NO2. The number of ketones is 1. The lowest BCUT2D eigenvalue weighted by molar-refractivity contribution is -0.121. The number of hydrogen-bond acceptors (Lipinski definition) is 3. The van der Waals surface area contributed by atoms with Crippen molar-refractivity contribution < 1.29 is 9.53 Å². The van der Waals surface area contributed by atoms with Gasteiger partial charge in [0.15, 0.2) is 0 Å². The molecule has 0 spiro atoms. The van der Waals surface area contributed by atoms with E-state index >= 15 is 0 Å². The van der Waals surface area contributed by atoms with Gasteiger partial charge in [0.05, 0.1) is 0 Å². The molecule has 2 rings (SSSR count). The summed E-state index contributed by atoms with van der Waals surface area (Å²) in [6, 6.07) is 0.666. The molecule has 0 radical (unpaired) electrons. The highest BCUT2D eigenvalue weighted by Gasteiger charge is 2.19. The van der Waals surface area contributed by atoms with Crippen LogP contribution in [0.3, 0.4) is 0 Å². The molecule has 3 nitrogen and oxygen atoms in total. The summed E-state index contributed by atoms with van der Waals surface area (Å²) in [6.07, 6.45) is 7.43. The van der Waals surface area contributed by atoms with E-state index in [-0.39, 0.29) is 0 Å². The van der Waals surface area contributed by atoms with Crippen molar-refractivity contribution >= 4 is 5.78 Å². The molecule has 0 bridgehead atoms. The number of carbonyl (C=O) groups excluding carboxylic acids is 1. The minimum Gasteiger partial charge on any atom is -0.381 e. The van der Waals surface area contributed by atoms with Crippen molar-refractivity contribution in [3.63, 3.8) is 0 Å². The van der Waals surface area contributed by atoms with Crippen LogP contribution in [-0.2, 0) is 9.53 Å². The Morgan fingerprint density at radius 2 is 1.81 bits per heavy atom. The largest absolute Gasteiger partial charge is 0.381 e. The average molecular weight is 225 g/mol. The number of carbonyl (C=O) groups is 1. The minimum absolute atomic E-state index is 0.466. The zero-order valence-corrected chi connectivity index (χ0v) is 10.0. The van der Waals surface area contributed by atoms with Crippen LogP contribution in [0.4, 0.5) is 0 Å². The van der Waals surface area contributed by atoms with Gasteiger partial charge in [-0.05, 0) is 44.6 Å². The third-order valence-corrected chi connectivity index (χ3v) is 3.87. The van der Waals surface area contributed by atoms with Crippen molar-refractivity contribution in [1.29, 1.82) is 0 Å². The average Bonchev–Trinajstić information content (AvgIpc) is 2.33. The number of hydrogen-bond donors (Lipinski definition) is 1. The van der Waals surface area contributed by atoms with E-state index in [9.17, 15) is 4.79 Å². The van der Waals surface area contributed by atoms with Gasteiger partial charge in [-0.1, -0.05) is 0 Å². The molecule has 1 heterocycles. The Kier molecular flexibility index (Phi) is 4.79. The molecule has 0 aromatic rings. The van der Waals surface area contributed by atoms with Crippen molar-refractivity contribution in [2.24, 2.45) is 5.92 Å². The zero-order chi connectivity index (χ0) is 11.2. The fourth-order valence-electron chi connectivity index (χ4n) is 2.68. The third kappa shape index (κ3) is 3.87. The second-order valence-corrected chi connectivity index (χ2v) is 5.11. The van der Waals surface area contributed by atoms with Crippen LogP contribution in [0.25, 0.3) is 0 Å². The molecule has 1 saturated carbocycles. The van der Waals surface area contributed by atoms with Gasteiger partial charge in [0, 0.05) is 32.1 Å². The summed E-state index contributed by atoms with van der Waals surface area (Å²) in [5, 5.41) is 3.62. The maximum absolute atomic E-state index is 11.1. The molecule has 0 unspecified atom stereocenters. The van der Waals surface area contributed by atoms with Crippen LogP contribution in [0.2, 0.25) is 0 Å². The van der Waals surface area contributed by atoms with Gasteiger partial charge < -0.3 is 10.1 Å². The molecule has 0 amide bonds. The minimum atomic E-state index is 0.466. The molecule has 16 heavy (non-hydrogen) atoms. The normalized spacial score (nSPS) is 24.9. The van der Waals surface area contributed by atoms with Crippen molar-refractivity contribution in [1.82, 2.24) is 5.32 Å². The molecule has 0 aromatic carbocycles. The molecule has 92 valence electrons. The lowest BCUT2D eigenvalue weighted by Gasteiger charge is -2.25. The summed E-state index contributed by atoms with van der Waals surface area (Å²) < 4.78 is 5.33. The summed E-state index contributed by atoms with van der Waals surface area (Å²) in [6.45, 7) is 2.94. The molecule has 2 fully saturated rings. The first kappa shape index (κ1) is 12.1. The Morgan fingerprint density at radius 1 is 1.12 bits per heavy atom. The van der Waals surface area contributed by atoms with Crippen molar-refractivity contribution in [2.45, 2.75) is 51.0 Å². The SMILES string of the molecule is O=C1CCC(CCNC2CCOCC2)CC1. The standard InChI is InChI=1S/C13H23NO2/c15-13-3-1-11(2-4-13)5-8-14-12-6-9-16-10-7-12/h11-12,14H,1-10H2. The van der Waals surface area contributed by atoms with E-state index in [0.717, 1.165) is 64.2 Å². The number of nitrogens with one attached hydrogen (secondary N) is 1. The molecule has 1 saturated heterocycles. The highest BCUT2D eigenvalue weighted by Crippen LogP contribution is 2.23. The third-order valence-electron chi connectivity index (χ3n) is 3.87. The van der Waals surface area contributed by atoms with E-state index in [0.29, 0.717) is 11.8 Å². The molecule has 0 atom stereocenters. The summed E-state index contributed by atoms with van der Waals surface area (Å²) in [5.74, 6) is 1.25. The Morgan fingerprint density at radius 3 is 2.50 bits per heavy atom. The van der Waals surface area contributed by atoms with Gasteiger partial charge in [0.2, 0.25) is 0 Å². The van der Waals surface area contributed by atoms with E-state index in [4.69, 9.17) is 4.74 Å². The van der Waals surface area contributed by atoms with Gasteiger partial charge in [0.25, 0.3) is 0 Å². The Labute approximate surface area is 97.9 Å². The van der Waals surface area contributed by atoms with Crippen LogP contribution in [0.15, 0.2) is 0 Å². The monoisotopic (exact) mass is 225 g/mol. The summed E-state index contributed by atoms with van der Waals surface area (Å²) in [7, 11) is 0. The van der Waals surface area contributed by atoms with Crippen LogP contribution in [0.5, 0.6) is 0 Å². The smallest absolute Gasteiger partial charge is 0.132 e. The first-order valence-corrected chi connectivity index (χ1v) is 6.67. The highest BCUT2D eigenvalue weighted by atomic mass is 16.5. The number of ether oxygens (including phenoxy) is 1. The Hall–Kier alpha value is -0.410. The molecule has 0 aromatic heterocycles. The summed E-state index contributed by atoms with van der Waals surface area (Å²) in [4.78, 5) is 11.1. The van der Waals surface area contributed by atoms with Crippen LogP contribution >= 0.6 is 0 Å². The maximum Gasteiger partial charge on any atom is 0.132 e. The first-order chi connectivity index (χ1) is 7.84. The van der Waals surface area contributed by atoms with Crippen LogP contribution < -0.4 is 5.32 Å². The van der Waals surface area contributed by atoms with Crippen LogP contribution in [0.1, 0.15) is 44.9 Å². The van der Waals surface area contributed by atoms with E-state index in [1.54, 1.807) is 0 Å². The highest BCUT2D eigenvalue weighted by molar-refractivity contribution is 5.78. The molecule has 1 aliphatic carbocycles. The second kappa shape index (κ2) is 6.36. The molecule has 1 N–H and O–H groups in total. The van der Waals surface area contributed by atoms with Crippen LogP contribution in [-0.4, -0.2) is 31.6 Å². The molecular weight excluding hydrogens is 202 g/mol. The zero-order valence-electron chi connectivity index (χ0n) is 10.0. The molecule has 3 heteroatoms. The number of Topliss-reactive ketones (excluding diaryl/α,β-unsaturated/α-hetero) is 1. The van der Waals surface area contributed by atoms with E-state index < -0.39 is 0 Å². The molecule has 1 aliphatic heterocycles. The maximum atomic E-state index is 11.1. The summed E-state index contributed by atoms with van der Waals surface area (Å²) >= 11 is 0. The fourth-order valence-corrected chi connectivity index (χ4v) is 2.68. The quantitative estimate of drug-likeness (QED) is 0.794. The van der Waals surface area contributed by atoms with Gasteiger partial charge in [-0.15, -0.1) is 0 Å². The lowest BCUT2D eigenvalue weighted by Crippen LogP contribution is -2.36. The van der Waals surface area contributed by atoms with Gasteiger partial charge in [-0.3, -0.25) is 4.79 Å². The van der Waals surface area contributed by atoms with Crippen molar-refractivity contribution in [3.8, 4) is 0 Å². The van der Waals surface area contributed by atoms with E-state index in [1.165, 1.54) is 6.42 Å². The van der Waals surface area contributed by atoms with Crippen LogP contribution in [0, 0.1) is 5.92 Å². The van der Waals surface area contributed by atoms with E-state index in [2.05, 4.69) is 5.32 Å². The van der Waals surface area contributed by atoms with Crippen molar-refractivity contribution in [2.75, 3.05) is 19.8 Å². The Balaban J connectivity index is 1.55. The fraction of sp³-hybridized carbons (Fsp3) is 0.923.